The number of hydrogen-bond acceptors (Lipinski definition) is 1. The highest BCUT2D eigenvalue weighted by molar-refractivity contribution is 5.78. The molecule has 0 unspecified atom stereocenters. The highest BCUT2D eigenvalue weighted by Crippen LogP contribution is 2.17. The molecule has 2 heteroatoms. The molecule has 2 rings (SSSR count). The molecule has 1 aliphatic carbocycles. The molecule has 0 fully saturated rings. The summed E-state index contributed by atoms with van der Waals surface area (Å²) < 4.78 is 0. The SMILES string of the molecule is O=C(NCCCc1ccccc1)[C@@H]1CC=CCC1. The standard InChI is InChI=1S/C16H21NO/c18-16(15-11-5-2-6-12-15)17-13-7-10-14-8-3-1-4-9-14/h1-5,8-9,15H,6-7,10-13H2,(H,17,18)/t15-/m1/s1. The van der Waals surface area contributed by atoms with Crippen molar-refractivity contribution >= 4 is 5.91 Å². The fraction of sp³-hybridized carbons (Fsp3) is 0.438. The molecule has 18 heavy (non-hydrogen) atoms. The molecule has 2 nitrogen and oxygen atoms in total. The number of amides is 1. The number of benzene rings is 1. The molecular weight excluding hydrogens is 222 g/mol. The van der Waals surface area contributed by atoms with Gasteiger partial charge in [0.1, 0.15) is 0 Å². The summed E-state index contributed by atoms with van der Waals surface area (Å²) in [6.07, 6.45) is 9.29. The fourth-order valence-electron chi connectivity index (χ4n) is 2.32. The van der Waals surface area contributed by atoms with Gasteiger partial charge in [0.25, 0.3) is 0 Å². The Kier molecular flexibility index (Phi) is 5.00. The third-order valence-corrected chi connectivity index (χ3v) is 3.42. The largest absolute Gasteiger partial charge is 0.356 e. The Balaban J connectivity index is 1.63. The first-order valence-electron chi connectivity index (χ1n) is 6.83. The third-order valence-electron chi connectivity index (χ3n) is 3.42. The van der Waals surface area contributed by atoms with Gasteiger partial charge >= 0.3 is 0 Å². The molecule has 1 aromatic rings. The van der Waals surface area contributed by atoms with Gasteiger partial charge in [-0.3, -0.25) is 4.79 Å². The van der Waals surface area contributed by atoms with Crippen LogP contribution in [0, 0.1) is 5.92 Å². The van der Waals surface area contributed by atoms with E-state index in [2.05, 4.69) is 41.7 Å². The second-order valence-corrected chi connectivity index (χ2v) is 4.86. The zero-order valence-electron chi connectivity index (χ0n) is 10.8. The summed E-state index contributed by atoms with van der Waals surface area (Å²) >= 11 is 0. The van der Waals surface area contributed by atoms with Crippen LogP contribution >= 0.6 is 0 Å². The molecule has 0 radical (unpaired) electrons. The van der Waals surface area contributed by atoms with Crippen molar-refractivity contribution in [2.75, 3.05) is 6.54 Å². The molecule has 1 atom stereocenters. The molecule has 0 heterocycles. The Labute approximate surface area is 109 Å². The van der Waals surface area contributed by atoms with Crippen molar-refractivity contribution in [2.24, 2.45) is 5.92 Å². The van der Waals surface area contributed by atoms with Crippen LogP contribution in [-0.4, -0.2) is 12.5 Å². The normalized spacial score (nSPS) is 18.6. The van der Waals surface area contributed by atoms with Crippen LogP contribution in [0.2, 0.25) is 0 Å². The number of aryl methyl sites for hydroxylation is 1. The van der Waals surface area contributed by atoms with Crippen LogP contribution in [-0.2, 0) is 11.2 Å². The summed E-state index contributed by atoms with van der Waals surface area (Å²) in [5.41, 5.74) is 1.34. The molecule has 1 amide bonds. The van der Waals surface area contributed by atoms with E-state index < -0.39 is 0 Å². The molecule has 0 saturated heterocycles. The molecule has 96 valence electrons. The van der Waals surface area contributed by atoms with Gasteiger partial charge < -0.3 is 5.32 Å². The smallest absolute Gasteiger partial charge is 0.223 e. The molecule has 0 aromatic heterocycles. The number of carbonyl (C=O) groups is 1. The highest BCUT2D eigenvalue weighted by Gasteiger charge is 2.17. The van der Waals surface area contributed by atoms with Gasteiger partial charge in [0.2, 0.25) is 5.91 Å². The summed E-state index contributed by atoms with van der Waals surface area (Å²) in [6.45, 7) is 0.786. The second-order valence-electron chi connectivity index (χ2n) is 4.86. The Hall–Kier alpha value is -1.57. The predicted octanol–water partition coefficient (Wildman–Crippen LogP) is 3.09. The quantitative estimate of drug-likeness (QED) is 0.625. The van der Waals surface area contributed by atoms with Crippen LogP contribution in [0.25, 0.3) is 0 Å². The van der Waals surface area contributed by atoms with E-state index in [1.165, 1.54) is 5.56 Å². The lowest BCUT2D eigenvalue weighted by molar-refractivity contribution is -0.125. The Bertz CT molecular complexity index is 397. The molecule has 0 saturated carbocycles. The van der Waals surface area contributed by atoms with Crippen LogP contribution in [0.15, 0.2) is 42.5 Å². The Morgan fingerprint density at radius 3 is 2.78 bits per heavy atom. The van der Waals surface area contributed by atoms with Crippen molar-refractivity contribution in [1.29, 1.82) is 0 Å². The van der Waals surface area contributed by atoms with Crippen molar-refractivity contribution in [3.05, 3.63) is 48.0 Å². The minimum Gasteiger partial charge on any atom is -0.356 e. The topological polar surface area (TPSA) is 29.1 Å². The minimum atomic E-state index is 0.201. The van der Waals surface area contributed by atoms with Crippen LogP contribution in [0.5, 0.6) is 0 Å². The number of nitrogens with one attached hydrogen (secondary N) is 1. The predicted molar refractivity (Wildman–Crippen MR) is 74.3 cm³/mol. The molecule has 0 spiro atoms. The second kappa shape index (κ2) is 7.00. The summed E-state index contributed by atoms with van der Waals surface area (Å²) in [6, 6.07) is 10.4. The maximum Gasteiger partial charge on any atom is 0.223 e. The minimum absolute atomic E-state index is 0.201. The first-order chi connectivity index (χ1) is 8.86. The van der Waals surface area contributed by atoms with Gasteiger partial charge in [-0.25, -0.2) is 0 Å². The van der Waals surface area contributed by atoms with Crippen molar-refractivity contribution in [1.82, 2.24) is 5.32 Å². The molecule has 1 aliphatic rings. The van der Waals surface area contributed by atoms with E-state index in [4.69, 9.17) is 0 Å². The van der Waals surface area contributed by atoms with Gasteiger partial charge in [-0.15, -0.1) is 0 Å². The van der Waals surface area contributed by atoms with E-state index >= 15 is 0 Å². The third kappa shape index (κ3) is 4.02. The maximum atomic E-state index is 11.9. The van der Waals surface area contributed by atoms with Gasteiger partial charge in [0.05, 0.1) is 0 Å². The fourth-order valence-corrected chi connectivity index (χ4v) is 2.32. The van der Waals surface area contributed by atoms with E-state index in [-0.39, 0.29) is 11.8 Å². The van der Waals surface area contributed by atoms with Crippen molar-refractivity contribution in [3.63, 3.8) is 0 Å². The first kappa shape index (κ1) is 12.9. The summed E-state index contributed by atoms with van der Waals surface area (Å²) in [7, 11) is 0. The van der Waals surface area contributed by atoms with E-state index in [1.54, 1.807) is 0 Å². The number of rotatable bonds is 5. The van der Waals surface area contributed by atoms with Gasteiger partial charge in [-0.05, 0) is 37.7 Å². The van der Waals surface area contributed by atoms with Crippen molar-refractivity contribution in [3.8, 4) is 0 Å². The average Bonchev–Trinajstić information content (AvgIpc) is 2.45. The summed E-state index contributed by atoms with van der Waals surface area (Å²) in [5, 5.41) is 3.05. The average molecular weight is 243 g/mol. The van der Waals surface area contributed by atoms with E-state index in [0.717, 1.165) is 38.6 Å². The van der Waals surface area contributed by atoms with Gasteiger partial charge in [0.15, 0.2) is 0 Å². The molecule has 0 bridgehead atoms. The van der Waals surface area contributed by atoms with E-state index in [9.17, 15) is 4.79 Å². The maximum absolute atomic E-state index is 11.9. The summed E-state index contributed by atoms with van der Waals surface area (Å²) in [4.78, 5) is 11.9. The van der Waals surface area contributed by atoms with Gasteiger partial charge in [-0.2, -0.15) is 0 Å². The van der Waals surface area contributed by atoms with E-state index in [1.807, 2.05) is 6.07 Å². The molecule has 1 aromatic carbocycles. The van der Waals surface area contributed by atoms with Crippen molar-refractivity contribution < 1.29 is 4.79 Å². The highest BCUT2D eigenvalue weighted by atomic mass is 16.1. The number of allylic oxidation sites excluding steroid dienone is 2. The number of hydrogen-bond donors (Lipinski definition) is 1. The lowest BCUT2D eigenvalue weighted by Gasteiger charge is -2.17. The van der Waals surface area contributed by atoms with E-state index in [0.29, 0.717) is 0 Å². The van der Waals surface area contributed by atoms with Crippen LogP contribution < -0.4 is 5.32 Å². The van der Waals surface area contributed by atoms with Gasteiger partial charge in [-0.1, -0.05) is 42.5 Å². The van der Waals surface area contributed by atoms with Crippen LogP contribution in [0.1, 0.15) is 31.2 Å². The van der Waals surface area contributed by atoms with Crippen LogP contribution in [0.3, 0.4) is 0 Å². The summed E-state index contributed by atoms with van der Waals surface area (Å²) in [5.74, 6) is 0.430. The number of carbonyl (C=O) groups excluding carboxylic acids is 1. The first-order valence-corrected chi connectivity index (χ1v) is 6.83. The van der Waals surface area contributed by atoms with Gasteiger partial charge in [0, 0.05) is 12.5 Å². The van der Waals surface area contributed by atoms with Crippen LogP contribution in [0.4, 0.5) is 0 Å². The lowest BCUT2D eigenvalue weighted by atomic mass is 9.93. The lowest BCUT2D eigenvalue weighted by Crippen LogP contribution is -2.32. The monoisotopic (exact) mass is 243 g/mol. The van der Waals surface area contributed by atoms with Crippen molar-refractivity contribution in [2.45, 2.75) is 32.1 Å². The Morgan fingerprint density at radius 1 is 1.22 bits per heavy atom. The Morgan fingerprint density at radius 2 is 2.06 bits per heavy atom. The molecule has 0 aliphatic heterocycles. The molecule has 1 N–H and O–H groups in total. The molecular formula is C16H21NO. The zero-order valence-corrected chi connectivity index (χ0v) is 10.8. The zero-order chi connectivity index (χ0) is 12.6.